The predicted molar refractivity (Wildman–Crippen MR) is 131 cm³/mol. The van der Waals surface area contributed by atoms with Gasteiger partial charge in [-0.2, -0.15) is 0 Å². The highest BCUT2D eigenvalue weighted by molar-refractivity contribution is 7.99. The fourth-order valence-corrected chi connectivity index (χ4v) is 4.20. The number of nitrogens with one attached hydrogen (secondary N) is 1. The van der Waals surface area contributed by atoms with E-state index < -0.39 is 4.92 Å². The first-order chi connectivity index (χ1) is 16.3. The van der Waals surface area contributed by atoms with Crippen molar-refractivity contribution in [3.05, 3.63) is 68.5 Å². The lowest BCUT2D eigenvalue weighted by Crippen LogP contribution is -2.24. The van der Waals surface area contributed by atoms with E-state index >= 15 is 0 Å². The number of thioether (sulfide) groups is 1. The largest absolute Gasteiger partial charge is 0.370 e. The van der Waals surface area contributed by atoms with Gasteiger partial charge in [0.15, 0.2) is 5.16 Å². The van der Waals surface area contributed by atoms with Crippen LogP contribution in [0.5, 0.6) is 0 Å². The van der Waals surface area contributed by atoms with Crippen molar-refractivity contribution in [2.45, 2.75) is 44.3 Å². The van der Waals surface area contributed by atoms with Gasteiger partial charge in [0, 0.05) is 25.1 Å². The minimum absolute atomic E-state index is 0.0331. The molecule has 1 aromatic heterocycles. The first-order valence-electron chi connectivity index (χ1n) is 10.7. The van der Waals surface area contributed by atoms with E-state index in [1.165, 1.54) is 12.1 Å². The van der Waals surface area contributed by atoms with Crippen LogP contribution >= 0.6 is 11.8 Å². The summed E-state index contributed by atoms with van der Waals surface area (Å²) in [6.45, 7) is 2.14. The van der Waals surface area contributed by atoms with Crippen molar-refractivity contribution in [2.75, 3.05) is 11.1 Å². The average molecular weight is 484 g/mol. The van der Waals surface area contributed by atoms with E-state index in [0.717, 1.165) is 18.2 Å². The molecule has 0 atom stereocenters. The normalized spacial score (nSPS) is 10.9. The van der Waals surface area contributed by atoms with Gasteiger partial charge in [-0.05, 0) is 37.5 Å². The van der Waals surface area contributed by atoms with E-state index in [9.17, 15) is 24.5 Å². The molecule has 0 saturated heterocycles. The van der Waals surface area contributed by atoms with Crippen LogP contribution in [0.15, 0.2) is 52.4 Å². The smallest absolute Gasteiger partial charge is 0.271 e. The number of benzene rings is 2. The van der Waals surface area contributed by atoms with Gasteiger partial charge in [-0.1, -0.05) is 36.4 Å². The van der Waals surface area contributed by atoms with Gasteiger partial charge >= 0.3 is 0 Å². The van der Waals surface area contributed by atoms with E-state index in [0.29, 0.717) is 53.1 Å². The lowest BCUT2D eigenvalue weighted by molar-refractivity contribution is -0.384. The van der Waals surface area contributed by atoms with Gasteiger partial charge in [-0.25, -0.2) is 4.98 Å². The molecule has 0 aliphatic carbocycles. The maximum absolute atomic E-state index is 13.1. The van der Waals surface area contributed by atoms with Crippen LogP contribution in [-0.4, -0.2) is 32.0 Å². The summed E-state index contributed by atoms with van der Waals surface area (Å²) in [6, 6.07) is 11.3. The second kappa shape index (κ2) is 11.4. The van der Waals surface area contributed by atoms with Gasteiger partial charge < -0.3 is 11.1 Å². The molecule has 0 aliphatic heterocycles. The Morgan fingerprint density at radius 3 is 2.68 bits per heavy atom. The molecule has 3 rings (SSSR count). The first-order valence-corrected chi connectivity index (χ1v) is 11.7. The number of amides is 2. The molecule has 3 N–H and O–H groups in total. The second-order valence-electron chi connectivity index (χ2n) is 7.74. The van der Waals surface area contributed by atoms with Crippen LogP contribution in [0.1, 0.15) is 31.2 Å². The molecular formula is C23H25N5O5S. The summed E-state index contributed by atoms with van der Waals surface area (Å²) < 4.78 is 1.54. The zero-order valence-corrected chi connectivity index (χ0v) is 19.5. The number of anilines is 1. The van der Waals surface area contributed by atoms with Crippen LogP contribution in [-0.2, 0) is 16.1 Å². The van der Waals surface area contributed by atoms with Gasteiger partial charge in [-0.15, -0.1) is 0 Å². The van der Waals surface area contributed by atoms with E-state index in [1.54, 1.807) is 41.8 Å². The number of rotatable bonds is 11. The Morgan fingerprint density at radius 1 is 1.18 bits per heavy atom. The number of nitro groups is 1. The fourth-order valence-electron chi connectivity index (χ4n) is 3.38. The number of nitrogens with zero attached hydrogens (tertiary/aromatic N) is 3. The molecule has 0 saturated carbocycles. The number of primary amides is 1. The summed E-state index contributed by atoms with van der Waals surface area (Å²) in [6.07, 6.45) is 2.31. The van der Waals surface area contributed by atoms with Gasteiger partial charge in [0.2, 0.25) is 11.8 Å². The molecule has 10 nitrogen and oxygen atoms in total. The minimum atomic E-state index is -0.523. The lowest BCUT2D eigenvalue weighted by Gasteiger charge is -2.13. The van der Waals surface area contributed by atoms with Crippen molar-refractivity contribution >= 4 is 45.9 Å². The molecular weight excluding hydrogens is 458 g/mol. The zero-order chi connectivity index (χ0) is 24.7. The van der Waals surface area contributed by atoms with Crippen molar-refractivity contribution in [2.24, 2.45) is 5.73 Å². The number of aromatic nitrogens is 2. The molecule has 0 spiro atoms. The van der Waals surface area contributed by atoms with Crippen LogP contribution in [0.25, 0.3) is 10.9 Å². The van der Waals surface area contributed by atoms with Crippen LogP contribution in [0, 0.1) is 17.0 Å². The third kappa shape index (κ3) is 6.41. The Labute approximate surface area is 199 Å². The van der Waals surface area contributed by atoms with Crippen molar-refractivity contribution in [1.29, 1.82) is 0 Å². The van der Waals surface area contributed by atoms with Gasteiger partial charge in [0.05, 0.1) is 27.3 Å². The Hall–Kier alpha value is -3.73. The molecule has 11 heteroatoms. The van der Waals surface area contributed by atoms with Crippen LogP contribution in [0.4, 0.5) is 11.4 Å². The topological polar surface area (TPSA) is 150 Å². The Kier molecular flexibility index (Phi) is 8.36. The predicted octanol–water partition coefficient (Wildman–Crippen LogP) is 3.39. The monoisotopic (exact) mass is 483 g/mol. The number of hydrogen-bond donors (Lipinski definition) is 2. The summed E-state index contributed by atoms with van der Waals surface area (Å²) in [5.41, 5.74) is 6.45. The van der Waals surface area contributed by atoms with E-state index in [1.807, 2.05) is 0 Å². The van der Waals surface area contributed by atoms with Crippen LogP contribution in [0.3, 0.4) is 0 Å². The Morgan fingerprint density at radius 2 is 1.94 bits per heavy atom. The minimum Gasteiger partial charge on any atom is -0.370 e. The number of hydrogen-bond acceptors (Lipinski definition) is 7. The maximum atomic E-state index is 13.1. The standard InChI is InChI=1S/C23H25N5O5S/c1-15-10-11-16(28(32)33)13-19(15)25-21(30)14-34-23-26-18-8-5-4-7-17(18)22(31)27(23)12-6-2-3-9-20(24)29/h4-5,7-8,10-11,13H,2-3,6,9,12,14H2,1H3,(H2,24,29)(H,25,30). The number of carbonyl (C=O) groups excluding carboxylic acids is 2. The van der Waals surface area contributed by atoms with Crippen molar-refractivity contribution in [3.63, 3.8) is 0 Å². The highest BCUT2D eigenvalue weighted by Gasteiger charge is 2.15. The number of unbranched alkanes of at least 4 members (excludes halogenated alkanes) is 2. The van der Waals surface area contributed by atoms with E-state index in [2.05, 4.69) is 10.3 Å². The molecule has 178 valence electrons. The molecule has 1 heterocycles. The summed E-state index contributed by atoms with van der Waals surface area (Å²) in [7, 11) is 0. The maximum Gasteiger partial charge on any atom is 0.271 e. The average Bonchev–Trinajstić information content (AvgIpc) is 2.80. The highest BCUT2D eigenvalue weighted by Crippen LogP contribution is 2.23. The third-order valence-electron chi connectivity index (χ3n) is 5.17. The van der Waals surface area contributed by atoms with E-state index in [-0.39, 0.29) is 28.8 Å². The second-order valence-corrected chi connectivity index (χ2v) is 8.68. The molecule has 0 aliphatic rings. The van der Waals surface area contributed by atoms with Crippen LogP contribution in [0.2, 0.25) is 0 Å². The molecule has 0 bridgehead atoms. The van der Waals surface area contributed by atoms with Crippen molar-refractivity contribution < 1.29 is 14.5 Å². The number of nitro benzene ring substituents is 1. The molecule has 2 aromatic carbocycles. The SMILES string of the molecule is Cc1ccc([N+](=O)[O-])cc1NC(=O)CSc1nc2ccccc2c(=O)n1CCCCCC(N)=O. The molecule has 0 fully saturated rings. The van der Waals surface area contributed by atoms with Crippen LogP contribution < -0.4 is 16.6 Å². The Balaban J connectivity index is 1.75. The molecule has 0 unspecified atom stereocenters. The number of para-hydroxylation sites is 1. The van der Waals surface area contributed by atoms with Gasteiger partial charge in [-0.3, -0.25) is 29.1 Å². The van der Waals surface area contributed by atoms with Crippen molar-refractivity contribution in [3.8, 4) is 0 Å². The molecule has 34 heavy (non-hydrogen) atoms. The van der Waals surface area contributed by atoms with Gasteiger partial charge in [0.25, 0.3) is 11.2 Å². The quantitative estimate of drug-likeness (QED) is 0.139. The number of fused-ring (bicyclic) bond motifs is 1. The lowest BCUT2D eigenvalue weighted by atomic mass is 10.2. The third-order valence-corrected chi connectivity index (χ3v) is 6.15. The van der Waals surface area contributed by atoms with Gasteiger partial charge in [0.1, 0.15) is 0 Å². The summed E-state index contributed by atoms with van der Waals surface area (Å²) in [5.74, 6) is -0.760. The highest BCUT2D eigenvalue weighted by atomic mass is 32.2. The number of nitrogens with two attached hydrogens (primary N) is 1. The number of carbonyl (C=O) groups is 2. The Bertz CT molecular complexity index is 1290. The fraction of sp³-hybridized carbons (Fsp3) is 0.304. The zero-order valence-electron chi connectivity index (χ0n) is 18.7. The molecule has 3 aromatic rings. The summed E-state index contributed by atoms with van der Waals surface area (Å²) >= 11 is 1.12. The molecule has 2 amide bonds. The molecule has 0 radical (unpaired) electrons. The number of aryl methyl sites for hydroxylation is 1. The van der Waals surface area contributed by atoms with E-state index in [4.69, 9.17) is 5.73 Å². The summed E-state index contributed by atoms with van der Waals surface area (Å²) in [5, 5.41) is 14.6. The number of non-ortho nitro benzene ring substituents is 1. The summed E-state index contributed by atoms with van der Waals surface area (Å²) in [4.78, 5) is 51.7. The van der Waals surface area contributed by atoms with Crippen molar-refractivity contribution in [1.82, 2.24) is 9.55 Å². The first kappa shape index (κ1) is 24.9.